The lowest BCUT2D eigenvalue weighted by molar-refractivity contribution is -0.175. The van der Waals surface area contributed by atoms with Crippen molar-refractivity contribution in [2.24, 2.45) is 0 Å². The van der Waals surface area contributed by atoms with E-state index in [1.54, 1.807) is 0 Å². The molecule has 4 nitrogen and oxygen atoms in total. The van der Waals surface area contributed by atoms with Crippen LogP contribution in [0.1, 0.15) is 0 Å². The van der Waals surface area contributed by atoms with Crippen LogP contribution in [-0.4, -0.2) is 45.4 Å². The molecule has 0 saturated heterocycles. The third-order valence-electron chi connectivity index (χ3n) is 1.12. The highest BCUT2D eigenvalue weighted by Crippen LogP contribution is 1.98. The molecule has 4 heteroatoms. The number of hydrogen-bond acceptors (Lipinski definition) is 4. The summed E-state index contributed by atoms with van der Waals surface area (Å²) in [5, 5.41) is 9.13. The topological polar surface area (TPSA) is 47.9 Å². The number of rotatable bonds is 5. The Bertz CT molecular complexity index is 72.1. The Balaban J connectivity index is 3.53. The van der Waals surface area contributed by atoms with Crippen LogP contribution in [0, 0.1) is 0 Å². The van der Waals surface area contributed by atoms with Crippen LogP contribution in [0.3, 0.4) is 0 Å². The molecule has 0 saturated carbocycles. The highest BCUT2D eigenvalue weighted by Gasteiger charge is 2.16. The van der Waals surface area contributed by atoms with Crippen LogP contribution in [0.2, 0.25) is 0 Å². The third kappa shape index (κ3) is 3.12. The van der Waals surface area contributed by atoms with Crippen LogP contribution in [-0.2, 0) is 14.2 Å². The van der Waals surface area contributed by atoms with Crippen LogP contribution < -0.4 is 0 Å². The summed E-state index contributed by atoms with van der Waals surface area (Å²) in [5.41, 5.74) is 0. The fraction of sp³-hybridized carbons (Fsp3) is 1.00. The average Bonchev–Trinajstić information content (AvgIpc) is 1.91. The minimum absolute atomic E-state index is 0.215. The van der Waals surface area contributed by atoms with Crippen molar-refractivity contribution in [1.82, 2.24) is 0 Å². The molecule has 1 unspecified atom stereocenters. The van der Waals surface area contributed by atoms with Gasteiger partial charge in [0.1, 0.15) is 6.10 Å². The summed E-state index contributed by atoms with van der Waals surface area (Å²) >= 11 is 0. The van der Waals surface area contributed by atoms with Gasteiger partial charge in [-0.05, 0) is 0 Å². The molecule has 0 bridgehead atoms. The predicted molar refractivity (Wildman–Crippen MR) is 35.7 cm³/mol. The molecule has 62 valence electrons. The van der Waals surface area contributed by atoms with Crippen molar-refractivity contribution in [2.45, 2.75) is 12.4 Å². The van der Waals surface area contributed by atoms with Crippen LogP contribution in [0.5, 0.6) is 0 Å². The van der Waals surface area contributed by atoms with E-state index in [-0.39, 0.29) is 6.61 Å². The lowest BCUT2D eigenvalue weighted by Gasteiger charge is -2.18. The van der Waals surface area contributed by atoms with Gasteiger partial charge >= 0.3 is 0 Å². The van der Waals surface area contributed by atoms with Crippen LogP contribution in [0.4, 0.5) is 0 Å². The molecule has 0 aliphatic rings. The highest BCUT2D eigenvalue weighted by atomic mass is 16.7. The van der Waals surface area contributed by atoms with E-state index in [1.165, 1.54) is 21.3 Å². The van der Waals surface area contributed by atoms with Crippen molar-refractivity contribution in [3.8, 4) is 0 Å². The Kier molecular flexibility index (Phi) is 5.52. The molecule has 0 aromatic heterocycles. The van der Waals surface area contributed by atoms with Gasteiger partial charge in [0.2, 0.25) is 0 Å². The normalized spacial score (nSPS) is 14.1. The SMILES string of the molecule is COCC(O)C(OC)OC. The molecule has 0 amide bonds. The molecule has 0 heterocycles. The molecule has 1 atom stereocenters. The number of ether oxygens (including phenoxy) is 3. The largest absolute Gasteiger partial charge is 0.385 e. The van der Waals surface area contributed by atoms with Crippen LogP contribution in [0.25, 0.3) is 0 Å². The van der Waals surface area contributed by atoms with Gasteiger partial charge in [-0.1, -0.05) is 0 Å². The Morgan fingerprint density at radius 3 is 2.00 bits per heavy atom. The maximum Gasteiger partial charge on any atom is 0.184 e. The summed E-state index contributed by atoms with van der Waals surface area (Å²) < 4.78 is 14.2. The van der Waals surface area contributed by atoms with Gasteiger partial charge in [0.05, 0.1) is 6.61 Å². The van der Waals surface area contributed by atoms with E-state index in [4.69, 9.17) is 14.6 Å². The fourth-order valence-electron chi connectivity index (χ4n) is 0.660. The van der Waals surface area contributed by atoms with Gasteiger partial charge < -0.3 is 19.3 Å². The molecule has 0 aliphatic carbocycles. The Labute approximate surface area is 60.7 Å². The van der Waals surface area contributed by atoms with Gasteiger partial charge in [-0.25, -0.2) is 0 Å². The van der Waals surface area contributed by atoms with Gasteiger partial charge in [-0.3, -0.25) is 0 Å². The summed E-state index contributed by atoms with van der Waals surface area (Å²) in [4.78, 5) is 0. The minimum atomic E-state index is -0.722. The van der Waals surface area contributed by atoms with E-state index in [2.05, 4.69) is 4.74 Å². The highest BCUT2D eigenvalue weighted by molar-refractivity contribution is 4.56. The second-order valence-electron chi connectivity index (χ2n) is 1.86. The smallest absolute Gasteiger partial charge is 0.184 e. The number of aliphatic hydroxyl groups excluding tert-OH is 1. The van der Waals surface area contributed by atoms with Gasteiger partial charge in [0.15, 0.2) is 6.29 Å². The van der Waals surface area contributed by atoms with E-state index < -0.39 is 12.4 Å². The zero-order valence-electron chi connectivity index (χ0n) is 6.53. The molecule has 10 heavy (non-hydrogen) atoms. The van der Waals surface area contributed by atoms with Crippen LogP contribution >= 0.6 is 0 Å². The first kappa shape index (κ1) is 9.84. The third-order valence-corrected chi connectivity index (χ3v) is 1.12. The first-order valence-electron chi connectivity index (χ1n) is 2.98. The molecule has 0 aromatic carbocycles. The van der Waals surface area contributed by atoms with Crippen molar-refractivity contribution in [3.63, 3.8) is 0 Å². The second-order valence-corrected chi connectivity index (χ2v) is 1.86. The summed E-state index contributed by atoms with van der Waals surface area (Å²) in [5.74, 6) is 0. The lowest BCUT2D eigenvalue weighted by Crippen LogP contribution is -2.33. The standard InChI is InChI=1S/C6H14O4/c1-8-4-5(7)6(9-2)10-3/h5-7H,4H2,1-3H3. The van der Waals surface area contributed by atoms with Gasteiger partial charge in [-0.2, -0.15) is 0 Å². The molecule has 0 fully saturated rings. The van der Waals surface area contributed by atoms with Crippen molar-refractivity contribution in [3.05, 3.63) is 0 Å². The van der Waals surface area contributed by atoms with E-state index >= 15 is 0 Å². The molecule has 0 aromatic rings. The first-order chi connectivity index (χ1) is 4.76. The van der Waals surface area contributed by atoms with Gasteiger partial charge in [0, 0.05) is 21.3 Å². The van der Waals surface area contributed by atoms with Gasteiger partial charge in [-0.15, -0.1) is 0 Å². The van der Waals surface area contributed by atoms with Crippen molar-refractivity contribution in [1.29, 1.82) is 0 Å². The van der Waals surface area contributed by atoms with E-state index in [0.717, 1.165) is 0 Å². The molecular formula is C6H14O4. The molecule has 0 radical (unpaired) electrons. The van der Waals surface area contributed by atoms with Crippen molar-refractivity contribution in [2.75, 3.05) is 27.9 Å². The summed E-state index contributed by atoms with van der Waals surface area (Å²) in [6, 6.07) is 0. The molecule has 0 spiro atoms. The molecule has 0 aliphatic heterocycles. The second kappa shape index (κ2) is 5.61. The summed E-state index contributed by atoms with van der Waals surface area (Å²) in [6.07, 6.45) is -1.32. The maximum absolute atomic E-state index is 9.13. The number of hydrogen-bond donors (Lipinski definition) is 1. The predicted octanol–water partition coefficient (Wildman–Crippen LogP) is -0.387. The van der Waals surface area contributed by atoms with E-state index in [1.807, 2.05) is 0 Å². The molecule has 0 rings (SSSR count). The van der Waals surface area contributed by atoms with Gasteiger partial charge in [0.25, 0.3) is 0 Å². The monoisotopic (exact) mass is 150 g/mol. The maximum atomic E-state index is 9.13. The Morgan fingerprint density at radius 1 is 1.20 bits per heavy atom. The van der Waals surface area contributed by atoms with Crippen molar-refractivity contribution < 1.29 is 19.3 Å². The molecule has 1 N–H and O–H groups in total. The van der Waals surface area contributed by atoms with E-state index in [9.17, 15) is 0 Å². The first-order valence-corrected chi connectivity index (χ1v) is 2.98. The summed E-state index contributed by atoms with van der Waals surface area (Å²) in [6.45, 7) is 0.215. The lowest BCUT2D eigenvalue weighted by atomic mass is 10.4. The van der Waals surface area contributed by atoms with Crippen molar-refractivity contribution >= 4 is 0 Å². The van der Waals surface area contributed by atoms with Crippen LogP contribution in [0.15, 0.2) is 0 Å². The fourth-order valence-corrected chi connectivity index (χ4v) is 0.660. The Morgan fingerprint density at radius 2 is 1.70 bits per heavy atom. The molecular weight excluding hydrogens is 136 g/mol. The van der Waals surface area contributed by atoms with E-state index in [0.29, 0.717) is 0 Å². The average molecular weight is 150 g/mol. The zero-order valence-corrected chi connectivity index (χ0v) is 6.53. The Hall–Kier alpha value is -0.160. The number of methoxy groups -OCH3 is 3. The zero-order chi connectivity index (χ0) is 7.98. The number of aliphatic hydroxyl groups is 1. The summed E-state index contributed by atoms with van der Waals surface area (Å²) in [7, 11) is 4.44. The quantitative estimate of drug-likeness (QED) is 0.542. The minimum Gasteiger partial charge on any atom is -0.385 e.